The van der Waals surface area contributed by atoms with E-state index < -0.39 is 52.2 Å². The van der Waals surface area contributed by atoms with E-state index in [1.54, 1.807) is 73.6 Å². The predicted molar refractivity (Wildman–Crippen MR) is 322 cm³/mol. The Labute approximate surface area is 653 Å². The van der Waals surface area contributed by atoms with Crippen molar-refractivity contribution in [3.05, 3.63) is 290 Å². The molecule has 0 saturated heterocycles. The van der Waals surface area contributed by atoms with E-state index in [1.165, 1.54) is 0 Å². The fourth-order valence-corrected chi connectivity index (χ4v) is 8.55. The monoisotopic (exact) mass is 1740 g/mol. The van der Waals surface area contributed by atoms with Crippen LogP contribution in [-0.4, -0.2) is 119 Å². The smallest absolute Gasteiger partial charge is 0.400 e. The minimum atomic E-state index is -4.94. The number of hydrogen-bond donors (Lipinski definition) is 6. The molecule has 12 heterocycles. The molecule has 0 aliphatic heterocycles. The Morgan fingerprint density at radius 3 is 0.415 bits per heavy atom. The van der Waals surface area contributed by atoms with Crippen molar-refractivity contribution in [2.45, 2.75) is 11.2 Å². The van der Waals surface area contributed by atoms with E-state index in [4.69, 9.17) is 125 Å². The second-order valence-corrected chi connectivity index (χ2v) is 21.7. The third-order valence-electron chi connectivity index (χ3n) is 12.3. The molecule has 34 nitrogen and oxygen atoms in total. The molecule has 0 aromatic carbocycles. The Morgan fingerprint density at radius 2 is 0.311 bits per heavy atom. The van der Waals surface area contributed by atoms with Crippen molar-refractivity contribution in [2.24, 2.45) is 0 Å². The van der Waals surface area contributed by atoms with Crippen molar-refractivity contribution >= 4 is 0 Å². The number of aliphatic hydroxyl groups excluding tert-OH is 4. The van der Waals surface area contributed by atoms with Crippen LogP contribution in [0.1, 0.15) is 34.2 Å². The molecule has 0 aliphatic carbocycles. The van der Waals surface area contributed by atoms with Crippen LogP contribution in [0.5, 0.6) is 0 Å². The maximum Gasteiger partial charge on any atom is 2.00 e. The quantitative estimate of drug-likeness (QED) is 0.0619. The number of aromatic nitrogens is 12. The molecule has 12 aromatic rings. The maximum atomic E-state index is 12.6. The van der Waals surface area contributed by atoms with Crippen LogP contribution in [0.2, 0.25) is 0 Å². The number of hydrogen-bond acceptors (Lipinski definition) is 34. The first kappa shape index (κ1) is 95.9. The van der Waals surface area contributed by atoms with Crippen molar-refractivity contribution < 1.29 is 201 Å². The van der Waals surface area contributed by atoms with Gasteiger partial charge in [-0.1, -0.05) is 72.8 Å². The number of nitrogens with zero attached hydrogens (tertiary/aromatic N) is 12. The summed E-state index contributed by atoms with van der Waals surface area (Å²) in [4.78, 5) is 55.7. The predicted octanol–water partition coefficient (Wildman–Crippen LogP) is -9.91. The van der Waals surface area contributed by atoms with Gasteiger partial charge in [0.1, 0.15) is 0 Å². The third-order valence-corrected chi connectivity index (χ3v) is 12.3. The van der Waals surface area contributed by atoms with E-state index in [1.807, 2.05) is 182 Å². The summed E-state index contributed by atoms with van der Waals surface area (Å²) in [5.41, 5.74) is 6.63. The average Bonchev–Trinajstić information content (AvgIpc) is 0.760. The second kappa shape index (κ2) is 48.3. The first-order chi connectivity index (χ1) is 49.4. The Balaban J connectivity index is 0.000000775. The van der Waals surface area contributed by atoms with Gasteiger partial charge in [-0.25, -0.2) is 104 Å². The van der Waals surface area contributed by atoms with Crippen molar-refractivity contribution in [3.63, 3.8) is 0 Å². The molecule has 12 aromatic heterocycles. The van der Waals surface area contributed by atoms with Gasteiger partial charge in [0.05, 0.1) is 102 Å². The van der Waals surface area contributed by atoms with Gasteiger partial charge < -0.3 is 30.6 Å². The van der Waals surface area contributed by atoms with Crippen LogP contribution in [0.3, 0.4) is 0 Å². The fraction of sp³-hybridized carbons (Fsp3) is 0.0909. The first-order valence-corrected chi connectivity index (χ1v) is 33.4. The SMILES string of the molecule is CO.CO.CO.CO.OC(c1cccc(-c2ccccn2)n1)(c1cccc(-c2ccccn2)n1)c1cccc(-c2ccccn2)n1.OC(c1cccc(-c2ccccn2)n1)(c1cccc(-c2ccccn2)n1)c1cccc(-c2ccccn2)n1.[Cd+2].[Cd+2].[O-][Cl+3]([O-])([O-])[O-].[O-][Cl+3]([O-])([O-])[O-].[O-][Cl+3]([O-])([O-])[O-].[O-][Cl+3]([O-])([O-])[O-]. The number of pyridine rings is 12. The molecule has 0 amide bonds. The molecule has 0 radical (unpaired) electrons. The van der Waals surface area contributed by atoms with Gasteiger partial charge in [-0.3, -0.25) is 29.9 Å². The number of aliphatic hydroxyl groups is 6. The van der Waals surface area contributed by atoms with Crippen LogP contribution in [0.15, 0.2) is 256 Å². The normalized spacial score (nSPS) is 10.6. The van der Waals surface area contributed by atoms with E-state index >= 15 is 0 Å². The molecule has 0 bridgehead atoms. The molecule has 6 N–H and O–H groups in total. The molecule has 0 atom stereocenters. The summed E-state index contributed by atoms with van der Waals surface area (Å²) >= 11 is 0. The molecular formula is C66H60Cd2Cl4N12O22. The standard InChI is InChI=1S/2C31H22N6O.4CH4O.2Cd.4ClHO4/c2*38-31(28-16-7-13-25(35-28)22-10-1-4-19-32-22,29-17-8-14-26(36-29)23-11-2-5-20-33-23)30-18-9-15-27(37-30)24-12-3-6-21-34-24;4*1-2;;;4*2-1(3,4)5/h2*1-21,38H;4*2H,1H3;;;4*(H,2,3,4,5)/q;;;;;;2*+2;;;;/p-4. The zero-order chi connectivity index (χ0) is 77.6. The Kier molecular flexibility index (Phi) is 43.7. The van der Waals surface area contributed by atoms with Gasteiger partial charge in [-0.05, 0) is 146 Å². The van der Waals surface area contributed by atoms with Gasteiger partial charge in [0.25, 0.3) is 0 Å². The van der Waals surface area contributed by atoms with Crippen molar-refractivity contribution in [1.82, 2.24) is 59.8 Å². The molecule has 548 valence electrons. The molecule has 0 unspecified atom stereocenters. The molecule has 40 heteroatoms. The number of halogens is 4. The van der Waals surface area contributed by atoms with E-state index in [2.05, 4.69) is 29.9 Å². The van der Waals surface area contributed by atoms with E-state index in [9.17, 15) is 10.2 Å². The van der Waals surface area contributed by atoms with Gasteiger partial charge in [0, 0.05) is 65.6 Å². The summed E-state index contributed by atoms with van der Waals surface area (Å²) < 4.78 is 136. The summed E-state index contributed by atoms with van der Waals surface area (Å²) in [5, 5.41) is 53.2. The largest absolute Gasteiger partial charge is 2.00 e. The van der Waals surface area contributed by atoms with Gasteiger partial charge in [0.2, 0.25) is 0 Å². The average molecular weight is 1740 g/mol. The molecule has 0 fully saturated rings. The first-order valence-electron chi connectivity index (χ1n) is 28.5. The van der Waals surface area contributed by atoms with E-state index in [-0.39, 0.29) is 54.6 Å². The fourth-order valence-electron chi connectivity index (χ4n) is 8.55. The third kappa shape index (κ3) is 33.8. The Hall–Kier alpha value is -8.08. The van der Waals surface area contributed by atoms with Gasteiger partial charge >= 0.3 is 54.6 Å². The molecule has 0 aliphatic rings. The van der Waals surface area contributed by atoms with Crippen LogP contribution in [-0.2, 0) is 65.8 Å². The van der Waals surface area contributed by atoms with Gasteiger partial charge in [-0.2, -0.15) is 0 Å². The zero-order valence-electron chi connectivity index (χ0n) is 55.8. The van der Waals surface area contributed by atoms with Gasteiger partial charge in [-0.15, -0.1) is 41.0 Å². The summed E-state index contributed by atoms with van der Waals surface area (Å²) in [6.07, 6.45) is 10.3. The van der Waals surface area contributed by atoms with E-state index in [0.717, 1.165) is 28.4 Å². The van der Waals surface area contributed by atoms with Crippen molar-refractivity contribution in [1.29, 1.82) is 0 Å². The van der Waals surface area contributed by atoms with Crippen LogP contribution in [0.25, 0.3) is 68.3 Å². The summed E-state index contributed by atoms with van der Waals surface area (Å²) in [7, 11) is -15.8. The minimum absolute atomic E-state index is 0. The van der Waals surface area contributed by atoms with Crippen molar-refractivity contribution in [2.75, 3.05) is 28.4 Å². The van der Waals surface area contributed by atoms with Crippen LogP contribution in [0.4, 0.5) is 0 Å². The number of rotatable bonds is 12. The van der Waals surface area contributed by atoms with Gasteiger partial charge in [0.15, 0.2) is 11.2 Å². The zero-order valence-corrected chi connectivity index (χ0v) is 66.9. The minimum Gasteiger partial charge on any atom is -0.400 e. The van der Waals surface area contributed by atoms with E-state index in [0.29, 0.717) is 102 Å². The second-order valence-electron chi connectivity index (χ2n) is 18.7. The van der Waals surface area contributed by atoms with Crippen LogP contribution in [0, 0.1) is 41.0 Å². The summed E-state index contributed by atoms with van der Waals surface area (Å²) in [5.74, 6) is 0. The Bertz CT molecular complexity index is 3660. The Morgan fingerprint density at radius 1 is 0.198 bits per heavy atom. The topological polar surface area (TPSA) is 645 Å². The summed E-state index contributed by atoms with van der Waals surface area (Å²) in [6.45, 7) is 0. The maximum absolute atomic E-state index is 12.6. The molecule has 106 heavy (non-hydrogen) atoms. The molecular weight excluding hydrogens is 1680 g/mol. The van der Waals surface area contributed by atoms with Crippen LogP contribution < -0.4 is 74.5 Å². The summed E-state index contributed by atoms with van der Waals surface area (Å²) in [6, 6.07) is 66.7. The van der Waals surface area contributed by atoms with Crippen molar-refractivity contribution in [3.8, 4) is 68.3 Å². The molecule has 0 saturated carbocycles. The molecule has 0 spiro atoms. The molecule has 12 rings (SSSR count). The van der Waals surface area contributed by atoms with Crippen LogP contribution >= 0.6 is 0 Å².